The Morgan fingerprint density at radius 2 is 2.27 bits per heavy atom. The second-order valence-corrected chi connectivity index (χ2v) is 3.88. The van der Waals surface area contributed by atoms with Crippen LogP contribution in [0.3, 0.4) is 0 Å². The molecule has 0 aliphatic heterocycles. The van der Waals surface area contributed by atoms with Crippen molar-refractivity contribution in [1.29, 1.82) is 0 Å². The number of fused-ring (bicyclic) bond motifs is 1. The van der Waals surface area contributed by atoms with E-state index in [4.69, 9.17) is 4.42 Å². The van der Waals surface area contributed by atoms with E-state index in [9.17, 15) is 4.79 Å². The molecule has 0 amide bonds. The lowest BCUT2D eigenvalue weighted by atomic mass is 10.2. The van der Waals surface area contributed by atoms with Gasteiger partial charge in [0.2, 0.25) is 0 Å². The first kappa shape index (κ1) is 9.98. The van der Waals surface area contributed by atoms with Crippen molar-refractivity contribution in [2.75, 3.05) is 0 Å². The van der Waals surface area contributed by atoms with E-state index in [1.54, 1.807) is 0 Å². The van der Waals surface area contributed by atoms with E-state index >= 15 is 0 Å². The van der Waals surface area contributed by atoms with Crippen LogP contribution in [0.5, 0.6) is 0 Å². The Hall–Kier alpha value is -1.55. The Labute approximate surface area is 87.3 Å². The third-order valence-corrected chi connectivity index (χ3v) is 2.20. The van der Waals surface area contributed by atoms with Gasteiger partial charge >= 0.3 is 5.76 Å². The third kappa shape index (κ3) is 2.27. The van der Waals surface area contributed by atoms with Gasteiger partial charge in [-0.15, -0.1) is 0 Å². The average molecular weight is 206 g/mol. The number of hydrogen-bond donors (Lipinski definition) is 2. The molecule has 1 aromatic heterocycles. The van der Waals surface area contributed by atoms with E-state index < -0.39 is 5.76 Å². The zero-order valence-corrected chi connectivity index (χ0v) is 8.83. The lowest BCUT2D eigenvalue weighted by Gasteiger charge is -2.07. The minimum atomic E-state index is -0.404. The summed E-state index contributed by atoms with van der Waals surface area (Å²) < 4.78 is 4.98. The fourth-order valence-corrected chi connectivity index (χ4v) is 1.42. The fourth-order valence-electron chi connectivity index (χ4n) is 1.42. The molecule has 0 spiro atoms. The van der Waals surface area contributed by atoms with Gasteiger partial charge in [-0.25, -0.2) is 4.79 Å². The van der Waals surface area contributed by atoms with E-state index in [2.05, 4.69) is 24.1 Å². The number of nitrogens with one attached hydrogen (secondary N) is 2. The standard InChI is InChI=1S/C11H14N2O2/c1-7(2)12-6-8-3-4-9-10(5-8)15-11(14)13-9/h3-5,7,12H,6H2,1-2H3,(H,13,14). The van der Waals surface area contributed by atoms with Crippen molar-refractivity contribution in [2.45, 2.75) is 26.4 Å². The lowest BCUT2D eigenvalue weighted by molar-refractivity contribution is 0.553. The van der Waals surface area contributed by atoms with Crippen LogP contribution in [-0.4, -0.2) is 11.0 Å². The summed E-state index contributed by atoms with van der Waals surface area (Å²) in [5.41, 5.74) is 2.47. The monoisotopic (exact) mass is 206 g/mol. The van der Waals surface area contributed by atoms with Crippen LogP contribution in [0, 0.1) is 0 Å². The second-order valence-electron chi connectivity index (χ2n) is 3.88. The van der Waals surface area contributed by atoms with Gasteiger partial charge < -0.3 is 9.73 Å². The summed E-state index contributed by atoms with van der Waals surface area (Å²) in [7, 11) is 0. The summed E-state index contributed by atoms with van der Waals surface area (Å²) in [5, 5.41) is 3.30. The van der Waals surface area contributed by atoms with Crippen LogP contribution in [0.2, 0.25) is 0 Å². The first-order chi connectivity index (χ1) is 7.15. The van der Waals surface area contributed by atoms with E-state index in [1.807, 2.05) is 18.2 Å². The van der Waals surface area contributed by atoms with Crippen molar-refractivity contribution in [3.63, 3.8) is 0 Å². The molecule has 0 radical (unpaired) electrons. The zero-order chi connectivity index (χ0) is 10.8. The Bertz CT molecular complexity index is 511. The molecule has 0 unspecified atom stereocenters. The highest BCUT2D eigenvalue weighted by molar-refractivity contribution is 5.72. The number of aromatic amines is 1. The maximum absolute atomic E-state index is 10.9. The number of rotatable bonds is 3. The van der Waals surface area contributed by atoms with Crippen LogP contribution >= 0.6 is 0 Å². The Balaban J connectivity index is 2.26. The molecule has 0 aliphatic carbocycles. The normalized spacial score (nSPS) is 11.4. The molecule has 2 N–H and O–H groups in total. The van der Waals surface area contributed by atoms with Crippen molar-refractivity contribution in [3.05, 3.63) is 34.3 Å². The molecule has 1 aromatic carbocycles. The predicted octanol–water partition coefficient (Wildman–Crippen LogP) is 1.62. The molecule has 2 rings (SSSR count). The fraction of sp³-hybridized carbons (Fsp3) is 0.364. The smallest absolute Gasteiger partial charge is 0.408 e. The van der Waals surface area contributed by atoms with Crippen molar-refractivity contribution in [1.82, 2.24) is 10.3 Å². The first-order valence-electron chi connectivity index (χ1n) is 5.00. The lowest BCUT2D eigenvalue weighted by Crippen LogP contribution is -2.21. The van der Waals surface area contributed by atoms with Crippen LogP contribution in [0.25, 0.3) is 11.1 Å². The van der Waals surface area contributed by atoms with E-state index in [1.165, 1.54) is 0 Å². The molecule has 0 bridgehead atoms. The molecule has 0 atom stereocenters. The van der Waals surface area contributed by atoms with Gasteiger partial charge in [-0.1, -0.05) is 19.9 Å². The minimum absolute atomic E-state index is 0.404. The number of oxazole rings is 1. The van der Waals surface area contributed by atoms with Crippen LogP contribution in [0.4, 0.5) is 0 Å². The van der Waals surface area contributed by atoms with E-state index in [0.717, 1.165) is 17.6 Å². The molecule has 0 saturated carbocycles. The summed E-state index contributed by atoms with van der Waals surface area (Å²) in [5.74, 6) is -0.404. The number of hydrogen-bond acceptors (Lipinski definition) is 3. The van der Waals surface area contributed by atoms with Gasteiger partial charge in [0.1, 0.15) is 0 Å². The Kier molecular flexibility index (Phi) is 2.60. The molecule has 0 saturated heterocycles. The molecule has 0 aliphatic rings. The average Bonchev–Trinajstić information content (AvgIpc) is 2.53. The van der Waals surface area contributed by atoms with Crippen LogP contribution in [0.15, 0.2) is 27.4 Å². The SMILES string of the molecule is CC(C)NCc1ccc2[nH]c(=O)oc2c1. The van der Waals surface area contributed by atoms with Gasteiger partial charge in [-0.2, -0.15) is 0 Å². The number of aromatic nitrogens is 1. The Morgan fingerprint density at radius 1 is 1.47 bits per heavy atom. The minimum Gasteiger partial charge on any atom is -0.408 e. The number of H-pyrrole nitrogens is 1. The number of benzene rings is 1. The quantitative estimate of drug-likeness (QED) is 0.802. The van der Waals surface area contributed by atoms with E-state index in [-0.39, 0.29) is 0 Å². The van der Waals surface area contributed by atoms with Crippen molar-refractivity contribution in [3.8, 4) is 0 Å². The van der Waals surface area contributed by atoms with Gasteiger partial charge in [0.05, 0.1) is 5.52 Å². The molecule has 15 heavy (non-hydrogen) atoms. The molecule has 4 nitrogen and oxygen atoms in total. The molecule has 4 heteroatoms. The summed E-state index contributed by atoms with van der Waals surface area (Å²) in [6.45, 7) is 4.96. The Morgan fingerprint density at radius 3 is 3.00 bits per heavy atom. The molecule has 80 valence electrons. The summed E-state index contributed by atoms with van der Waals surface area (Å²) >= 11 is 0. The second kappa shape index (κ2) is 3.90. The van der Waals surface area contributed by atoms with E-state index in [0.29, 0.717) is 11.6 Å². The predicted molar refractivity (Wildman–Crippen MR) is 58.8 cm³/mol. The van der Waals surface area contributed by atoms with Crippen molar-refractivity contribution >= 4 is 11.1 Å². The van der Waals surface area contributed by atoms with Crippen LogP contribution in [0.1, 0.15) is 19.4 Å². The molecular formula is C11H14N2O2. The van der Waals surface area contributed by atoms with Gasteiger partial charge in [0.25, 0.3) is 0 Å². The summed E-state index contributed by atoms with van der Waals surface area (Å²) in [6.07, 6.45) is 0. The van der Waals surface area contributed by atoms with Crippen molar-refractivity contribution in [2.24, 2.45) is 0 Å². The molecule has 0 fully saturated rings. The highest BCUT2D eigenvalue weighted by Gasteiger charge is 2.02. The topological polar surface area (TPSA) is 58.0 Å². The molecule has 1 heterocycles. The first-order valence-corrected chi connectivity index (χ1v) is 5.00. The van der Waals surface area contributed by atoms with Gasteiger partial charge in [-0.3, -0.25) is 4.98 Å². The maximum atomic E-state index is 10.9. The summed E-state index contributed by atoms with van der Waals surface area (Å²) in [4.78, 5) is 13.5. The largest absolute Gasteiger partial charge is 0.417 e. The maximum Gasteiger partial charge on any atom is 0.417 e. The highest BCUT2D eigenvalue weighted by Crippen LogP contribution is 2.12. The van der Waals surface area contributed by atoms with Gasteiger partial charge in [0, 0.05) is 12.6 Å². The zero-order valence-electron chi connectivity index (χ0n) is 8.83. The van der Waals surface area contributed by atoms with Crippen LogP contribution < -0.4 is 11.1 Å². The summed E-state index contributed by atoms with van der Waals surface area (Å²) in [6, 6.07) is 6.16. The van der Waals surface area contributed by atoms with Gasteiger partial charge in [0.15, 0.2) is 5.58 Å². The van der Waals surface area contributed by atoms with Crippen molar-refractivity contribution < 1.29 is 4.42 Å². The van der Waals surface area contributed by atoms with Crippen LogP contribution in [-0.2, 0) is 6.54 Å². The molecule has 2 aromatic rings. The third-order valence-electron chi connectivity index (χ3n) is 2.20. The molecular weight excluding hydrogens is 192 g/mol. The van der Waals surface area contributed by atoms with Gasteiger partial charge in [-0.05, 0) is 17.7 Å². The highest BCUT2D eigenvalue weighted by atomic mass is 16.4.